The van der Waals surface area contributed by atoms with Crippen LogP contribution >= 0.6 is 15.9 Å². The van der Waals surface area contributed by atoms with Crippen molar-refractivity contribution < 1.29 is 23.4 Å². The average Bonchev–Trinajstić information content (AvgIpc) is 2.93. The molecule has 1 aliphatic rings. The third-order valence-corrected chi connectivity index (χ3v) is 4.36. The quantitative estimate of drug-likeness (QED) is 0.817. The molecule has 2 unspecified atom stereocenters. The second-order valence-corrected chi connectivity index (χ2v) is 5.79. The lowest BCUT2D eigenvalue weighted by Gasteiger charge is -2.29. The Hall–Kier alpha value is -1.05. The van der Waals surface area contributed by atoms with Gasteiger partial charge in [-0.25, -0.2) is 8.78 Å². The Kier molecular flexibility index (Phi) is 5.29. The van der Waals surface area contributed by atoms with E-state index in [1.807, 2.05) is 6.92 Å². The number of hydrogen-bond donors (Lipinski definition) is 1. The van der Waals surface area contributed by atoms with Crippen LogP contribution in [0.2, 0.25) is 0 Å². The smallest absolute Gasteiger partial charge is 0.310 e. The first kappa shape index (κ1) is 16.3. The van der Waals surface area contributed by atoms with Crippen molar-refractivity contribution in [3.05, 3.63) is 33.8 Å². The Morgan fingerprint density at radius 1 is 1.48 bits per heavy atom. The lowest BCUT2D eigenvalue weighted by atomic mass is 10.0. The van der Waals surface area contributed by atoms with E-state index in [2.05, 4.69) is 15.9 Å². The van der Waals surface area contributed by atoms with Crippen molar-refractivity contribution in [1.29, 1.82) is 0 Å². The number of carbonyl (C=O) groups is 1. The van der Waals surface area contributed by atoms with E-state index in [1.165, 1.54) is 12.1 Å². The van der Waals surface area contributed by atoms with E-state index in [9.17, 15) is 18.7 Å². The summed E-state index contributed by atoms with van der Waals surface area (Å²) in [6.45, 7) is 2.68. The number of hydrogen-bond acceptors (Lipinski definition) is 3. The van der Waals surface area contributed by atoms with Gasteiger partial charge >= 0.3 is 5.97 Å². The van der Waals surface area contributed by atoms with Crippen molar-refractivity contribution in [3.63, 3.8) is 0 Å². The number of aliphatic carboxylic acids is 1. The summed E-state index contributed by atoms with van der Waals surface area (Å²) >= 11 is 3.03. The Bertz CT molecular complexity index is 541. The van der Waals surface area contributed by atoms with Gasteiger partial charge in [0.1, 0.15) is 11.6 Å². The lowest BCUT2D eigenvalue weighted by Crippen LogP contribution is -2.42. The number of benzene rings is 1. The zero-order valence-electron chi connectivity index (χ0n) is 11.5. The fourth-order valence-corrected chi connectivity index (χ4v) is 2.89. The predicted octanol–water partition coefficient (Wildman–Crippen LogP) is 2.65. The largest absolute Gasteiger partial charge is 0.481 e. The molecule has 1 saturated heterocycles. The molecule has 0 saturated carbocycles. The molecule has 0 spiro atoms. The third-order valence-electron chi connectivity index (χ3n) is 3.74. The fraction of sp³-hybridized carbons (Fsp3) is 0.500. The number of likely N-dealkylation sites (N-methyl/N-ethyl adjacent to an activating group) is 1. The van der Waals surface area contributed by atoms with E-state index in [0.29, 0.717) is 6.54 Å². The summed E-state index contributed by atoms with van der Waals surface area (Å²) < 4.78 is 33.3. The number of rotatable bonds is 5. The maximum absolute atomic E-state index is 14.0. The van der Waals surface area contributed by atoms with Crippen LogP contribution in [0.4, 0.5) is 8.78 Å². The lowest BCUT2D eigenvalue weighted by molar-refractivity contribution is -0.143. The van der Waals surface area contributed by atoms with Crippen LogP contribution < -0.4 is 0 Å². The number of nitrogens with zero attached hydrogens (tertiary/aromatic N) is 1. The molecule has 1 heterocycles. The molecule has 21 heavy (non-hydrogen) atoms. The average molecular weight is 364 g/mol. The van der Waals surface area contributed by atoms with Gasteiger partial charge in [0, 0.05) is 18.2 Å². The molecule has 0 bridgehead atoms. The SMILES string of the molecule is CCN(Cc1c(F)ccc(Br)c1F)C1COCC1C(=O)O. The summed E-state index contributed by atoms with van der Waals surface area (Å²) in [5, 5.41) is 9.19. The first-order valence-electron chi connectivity index (χ1n) is 6.62. The van der Waals surface area contributed by atoms with Gasteiger partial charge in [0.15, 0.2) is 0 Å². The van der Waals surface area contributed by atoms with Crippen molar-refractivity contribution in [2.45, 2.75) is 19.5 Å². The molecule has 2 atom stereocenters. The van der Waals surface area contributed by atoms with Crippen LogP contribution in [0.3, 0.4) is 0 Å². The van der Waals surface area contributed by atoms with Crippen molar-refractivity contribution >= 4 is 21.9 Å². The van der Waals surface area contributed by atoms with E-state index < -0.39 is 23.5 Å². The third kappa shape index (κ3) is 3.41. The monoisotopic (exact) mass is 363 g/mol. The minimum atomic E-state index is -0.953. The van der Waals surface area contributed by atoms with Gasteiger partial charge in [-0.2, -0.15) is 0 Å². The molecule has 1 aromatic carbocycles. The van der Waals surface area contributed by atoms with Crippen LogP contribution in [-0.2, 0) is 16.1 Å². The molecule has 4 nitrogen and oxygen atoms in total. The molecule has 1 aromatic rings. The second kappa shape index (κ2) is 6.81. The first-order chi connectivity index (χ1) is 9.95. The van der Waals surface area contributed by atoms with Crippen LogP contribution in [0.1, 0.15) is 12.5 Å². The number of carboxylic acid groups (broad SMARTS) is 1. The van der Waals surface area contributed by atoms with E-state index >= 15 is 0 Å². The van der Waals surface area contributed by atoms with E-state index in [4.69, 9.17) is 4.74 Å². The molecular weight excluding hydrogens is 348 g/mol. The summed E-state index contributed by atoms with van der Waals surface area (Å²) in [5.41, 5.74) is -0.0673. The standard InChI is InChI=1S/C14H16BrF2NO3/c1-2-18(12-7-21-6-9(12)14(19)20)5-8-11(16)4-3-10(15)13(8)17/h3-4,9,12H,2,5-7H2,1H3,(H,19,20). The topological polar surface area (TPSA) is 49.8 Å². The minimum Gasteiger partial charge on any atom is -0.481 e. The van der Waals surface area contributed by atoms with E-state index in [1.54, 1.807) is 4.90 Å². The van der Waals surface area contributed by atoms with Gasteiger partial charge in [-0.15, -0.1) is 0 Å². The number of carboxylic acids is 1. The second-order valence-electron chi connectivity index (χ2n) is 4.93. The molecule has 0 aliphatic carbocycles. The van der Waals surface area contributed by atoms with Gasteiger partial charge in [0.2, 0.25) is 0 Å². The number of halogens is 3. The molecule has 0 amide bonds. The van der Waals surface area contributed by atoms with Crippen LogP contribution in [0.5, 0.6) is 0 Å². The van der Waals surface area contributed by atoms with E-state index in [-0.39, 0.29) is 35.8 Å². The summed E-state index contributed by atoms with van der Waals surface area (Å²) in [6, 6.07) is 2.12. The van der Waals surface area contributed by atoms with Gasteiger partial charge in [-0.1, -0.05) is 6.92 Å². The van der Waals surface area contributed by atoms with Gasteiger partial charge in [0.25, 0.3) is 0 Å². The van der Waals surface area contributed by atoms with Crippen molar-refractivity contribution in [2.24, 2.45) is 5.92 Å². The van der Waals surface area contributed by atoms with Crippen molar-refractivity contribution in [2.75, 3.05) is 19.8 Å². The van der Waals surface area contributed by atoms with Crippen LogP contribution in [-0.4, -0.2) is 41.8 Å². The predicted molar refractivity (Wildman–Crippen MR) is 75.9 cm³/mol. The first-order valence-corrected chi connectivity index (χ1v) is 7.42. The summed E-state index contributed by atoms with van der Waals surface area (Å²) in [7, 11) is 0. The maximum atomic E-state index is 14.0. The normalized spacial score (nSPS) is 22.0. The molecule has 0 aromatic heterocycles. The Morgan fingerprint density at radius 2 is 2.19 bits per heavy atom. The van der Waals surface area contributed by atoms with E-state index in [0.717, 1.165) is 0 Å². The van der Waals surface area contributed by atoms with Crippen molar-refractivity contribution in [3.8, 4) is 0 Å². The molecule has 116 valence electrons. The Labute approximate surface area is 129 Å². The molecule has 0 radical (unpaired) electrons. The minimum absolute atomic E-state index is 0.00537. The highest BCUT2D eigenvalue weighted by Crippen LogP contribution is 2.26. The zero-order chi connectivity index (χ0) is 15.6. The van der Waals surface area contributed by atoms with Gasteiger partial charge in [-0.05, 0) is 34.6 Å². The molecule has 7 heteroatoms. The van der Waals surface area contributed by atoms with Gasteiger partial charge in [-0.3, -0.25) is 9.69 Å². The maximum Gasteiger partial charge on any atom is 0.310 e. The summed E-state index contributed by atoms with van der Waals surface area (Å²) in [6.07, 6.45) is 0. The summed E-state index contributed by atoms with van der Waals surface area (Å²) in [4.78, 5) is 12.9. The highest BCUT2D eigenvalue weighted by molar-refractivity contribution is 9.10. The molecule has 1 N–H and O–H groups in total. The van der Waals surface area contributed by atoms with Crippen molar-refractivity contribution in [1.82, 2.24) is 4.90 Å². The number of ether oxygens (including phenoxy) is 1. The molecule has 2 rings (SSSR count). The Morgan fingerprint density at radius 3 is 2.81 bits per heavy atom. The highest BCUT2D eigenvalue weighted by Gasteiger charge is 2.38. The molecular formula is C14H16BrF2NO3. The molecule has 1 fully saturated rings. The summed E-state index contributed by atoms with van der Waals surface area (Å²) in [5.74, 6) is -2.92. The highest BCUT2D eigenvalue weighted by atomic mass is 79.9. The van der Waals surface area contributed by atoms with Gasteiger partial charge < -0.3 is 9.84 Å². The Balaban J connectivity index is 2.24. The molecule has 1 aliphatic heterocycles. The fourth-order valence-electron chi connectivity index (χ4n) is 2.52. The van der Waals surface area contributed by atoms with Crippen LogP contribution in [0.15, 0.2) is 16.6 Å². The zero-order valence-corrected chi connectivity index (χ0v) is 13.1. The van der Waals surface area contributed by atoms with Gasteiger partial charge in [0.05, 0.1) is 23.6 Å². The van der Waals surface area contributed by atoms with Crippen LogP contribution in [0.25, 0.3) is 0 Å². The van der Waals surface area contributed by atoms with Crippen LogP contribution in [0, 0.1) is 17.6 Å².